The lowest BCUT2D eigenvalue weighted by Gasteiger charge is -2.14. The molecule has 0 aromatic heterocycles. The maximum absolute atomic E-state index is 13.5. The van der Waals surface area contributed by atoms with E-state index in [1.165, 1.54) is 0 Å². The molecule has 0 radical (unpaired) electrons. The molecular formula is C9H9ClF2IN. The topological polar surface area (TPSA) is 26.0 Å². The lowest BCUT2D eigenvalue weighted by molar-refractivity contribution is 0.566. The molecule has 0 amide bonds. The summed E-state index contributed by atoms with van der Waals surface area (Å²) in [4.78, 5) is 0. The smallest absolute Gasteiger partial charge is 0.168 e. The van der Waals surface area contributed by atoms with Crippen LogP contribution in [0.2, 0.25) is 5.02 Å². The summed E-state index contributed by atoms with van der Waals surface area (Å²) < 4.78 is 27.1. The van der Waals surface area contributed by atoms with Crippen LogP contribution >= 0.6 is 34.2 Å². The SMILES string of the molecule is CC(C)c1c(F)c(Cl)c(F)c(N)c1I. The van der Waals surface area contributed by atoms with Crippen molar-refractivity contribution in [3.05, 3.63) is 25.8 Å². The Balaban J connectivity index is 3.60. The van der Waals surface area contributed by atoms with Crippen molar-refractivity contribution in [2.45, 2.75) is 19.8 Å². The van der Waals surface area contributed by atoms with Crippen LogP contribution in [0.4, 0.5) is 14.5 Å². The predicted octanol–water partition coefficient (Wildman–Crippen LogP) is 3.93. The fourth-order valence-electron chi connectivity index (χ4n) is 1.18. The zero-order valence-corrected chi connectivity index (χ0v) is 10.6. The quantitative estimate of drug-likeness (QED) is 0.359. The molecule has 0 spiro atoms. The summed E-state index contributed by atoms with van der Waals surface area (Å²) in [5.41, 5.74) is 5.74. The molecule has 0 atom stereocenters. The molecule has 0 aliphatic rings. The Labute approximate surface area is 99.8 Å². The average molecular weight is 332 g/mol. The van der Waals surface area contributed by atoms with Crippen LogP contribution < -0.4 is 5.73 Å². The van der Waals surface area contributed by atoms with Crippen molar-refractivity contribution >= 4 is 39.9 Å². The van der Waals surface area contributed by atoms with Gasteiger partial charge in [-0.25, -0.2) is 8.78 Å². The minimum Gasteiger partial charge on any atom is -0.395 e. The molecule has 0 saturated heterocycles. The summed E-state index contributed by atoms with van der Waals surface area (Å²) in [5.74, 6) is -1.67. The number of benzene rings is 1. The Morgan fingerprint density at radius 1 is 1.29 bits per heavy atom. The van der Waals surface area contributed by atoms with Gasteiger partial charge in [-0.05, 0) is 28.5 Å². The molecule has 0 unspecified atom stereocenters. The van der Waals surface area contributed by atoms with Gasteiger partial charge in [-0.1, -0.05) is 25.4 Å². The number of nitrogens with two attached hydrogens (primary N) is 1. The van der Waals surface area contributed by atoms with Crippen molar-refractivity contribution in [3.63, 3.8) is 0 Å². The van der Waals surface area contributed by atoms with Crippen molar-refractivity contribution < 1.29 is 8.78 Å². The Morgan fingerprint density at radius 3 is 2.21 bits per heavy atom. The maximum atomic E-state index is 13.5. The highest BCUT2D eigenvalue weighted by atomic mass is 127. The normalized spacial score (nSPS) is 11.1. The standard InChI is InChI=1S/C9H9ClF2IN/c1-3(2)4-6(11)5(10)7(12)9(14)8(4)13/h3H,14H2,1-2H3. The minimum absolute atomic E-state index is 0.0812. The minimum atomic E-state index is -0.877. The van der Waals surface area contributed by atoms with Crippen LogP contribution in [-0.4, -0.2) is 0 Å². The van der Waals surface area contributed by atoms with E-state index in [9.17, 15) is 8.78 Å². The van der Waals surface area contributed by atoms with Gasteiger partial charge < -0.3 is 5.73 Å². The van der Waals surface area contributed by atoms with Crippen molar-refractivity contribution in [2.75, 3.05) is 5.73 Å². The molecule has 0 aliphatic heterocycles. The summed E-state index contributed by atoms with van der Waals surface area (Å²) in [6.45, 7) is 3.60. The molecule has 1 rings (SSSR count). The summed E-state index contributed by atoms with van der Waals surface area (Å²) >= 11 is 7.30. The van der Waals surface area contributed by atoms with E-state index in [2.05, 4.69) is 0 Å². The summed E-state index contributed by atoms with van der Waals surface area (Å²) in [6.07, 6.45) is 0. The third-order valence-corrected chi connectivity index (χ3v) is 3.40. The first-order valence-corrected chi connectivity index (χ1v) is 5.44. The molecule has 0 aliphatic carbocycles. The Morgan fingerprint density at radius 2 is 1.79 bits per heavy atom. The second-order valence-electron chi connectivity index (χ2n) is 3.24. The third-order valence-electron chi connectivity index (χ3n) is 1.91. The molecule has 0 bridgehead atoms. The van der Waals surface area contributed by atoms with Gasteiger partial charge >= 0.3 is 0 Å². The highest BCUT2D eigenvalue weighted by Crippen LogP contribution is 2.35. The largest absolute Gasteiger partial charge is 0.395 e. The Kier molecular flexibility index (Phi) is 3.58. The summed E-state index contributed by atoms with van der Waals surface area (Å²) in [6, 6.07) is 0. The van der Waals surface area contributed by atoms with E-state index in [1.807, 2.05) is 22.6 Å². The average Bonchev–Trinajstić information content (AvgIpc) is 2.11. The van der Waals surface area contributed by atoms with Crippen LogP contribution in [0.3, 0.4) is 0 Å². The monoisotopic (exact) mass is 331 g/mol. The fraction of sp³-hybridized carbons (Fsp3) is 0.333. The molecule has 78 valence electrons. The fourth-order valence-corrected chi connectivity index (χ4v) is 2.48. The summed E-state index contributed by atoms with van der Waals surface area (Å²) in [5, 5.41) is -0.522. The Bertz CT molecular complexity index is 351. The molecule has 0 saturated carbocycles. The van der Waals surface area contributed by atoms with Gasteiger partial charge in [-0.2, -0.15) is 0 Å². The predicted molar refractivity (Wildman–Crippen MR) is 62.6 cm³/mol. The second-order valence-corrected chi connectivity index (χ2v) is 4.69. The van der Waals surface area contributed by atoms with Crippen molar-refractivity contribution in [3.8, 4) is 0 Å². The lowest BCUT2D eigenvalue weighted by atomic mass is 10.0. The highest BCUT2D eigenvalue weighted by molar-refractivity contribution is 14.1. The maximum Gasteiger partial charge on any atom is 0.168 e. The molecule has 2 N–H and O–H groups in total. The van der Waals surface area contributed by atoms with Crippen LogP contribution in [-0.2, 0) is 0 Å². The van der Waals surface area contributed by atoms with Gasteiger partial charge in [0.05, 0.1) is 5.69 Å². The highest BCUT2D eigenvalue weighted by Gasteiger charge is 2.22. The second kappa shape index (κ2) is 4.18. The van der Waals surface area contributed by atoms with E-state index in [0.717, 1.165) is 0 Å². The van der Waals surface area contributed by atoms with Gasteiger partial charge in [-0.15, -0.1) is 0 Å². The van der Waals surface area contributed by atoms with E-state index in [4.69, 9.17) is 17.3 Å². The van der Waals surface area contributed by atoms with Crippen molar-refractivity contribution in [1.29, 1.82) is 0 Å². The van der Waals surface area contributed by atoms with E-state index in [-0.39, 0.29) is 11.6 Å². The Hall–Kier alpha value is -0.100. The number of hydrogen-bond acceptors (Lipinski definition) is 1. The van der Waals surface area contributed by atoms with Crippen molar-refractivity contribution in [1.82, 2.24) is 0 Å². The first-order chi connectivity index (χ1) is 6.37. The number of halogens is 4. The molecular weight excluding hydrogens is 322 g/mol. The van der Waals surface area contributed by atoms with E-state index < -0.39 is 16.7 Å². The number of rotatable bonds is 1. The van der Waals surface area contributed by atoms with Crippen LogP contribution in [0.5, 0.6) is 0 Å². The van der Waals surface area contributed by atoms with Crippen LogP contribution in [0, 0.1) is 15.2 Å². The molecule has 1 nitrogen and oxygen atoms in total. The molecule has 14 heavy (non-hydrogen) atoms. The summed E-state index contributed by atoms with van der Waals surface area (Å²) in [7, 11) is 0. The van der Waals surface area contributed by atoms with E-state index in [1.54, 1.807) is 13.8 Å². The van der Waals surface area contributed by atoms with Gasteiger partial charge in [0.1, 0.15) is 10.8 Å². The third kappa shape index (κ3) is 1.82. The molecule has 1 aromatic rings. The molecule has 0 heterocycles. The molecule has 5 heteroatoms. The van der Waals surface area contributed by atoms with Gasteiger partial charge in [-0.3, -0.25) is 0 Å². The van der Waals surface area contributed by atoms with Crippen LogP contribution in [0.25, 0.3) is 0 Å². The lowest BCUT2D eigenvalue weighted by Crippen LogP contribution is -2.05. The first kappa shape index (κ1) is 12.0. The number of hydrogen-bond donors (Lipinski definition) is 1. The van der Waals surface area contributed by atoms with Gasteiger partial charge in [0.2, 0.25) is 0 Å². The zero-order valence-electron chi connectivity index (χ0n) is 7.67. The zero-order chi connectivity index (χ0) is 11.0. The van der Waals surface area contributed by atoms with E-state index >= 15 is 0 Å². The van der Waals surface area contributed by atoms with E-state index in [0.29, 0.717) is 9.13 Å². The number of anilines is 1. The van der Waals surface area contributed by atoms with Crippen LogP contribution in [0.15, 0.2) is 0 Å². The van der Waals surface area contributed by atoms with Gasteiger partial charge in [0.15, 0.2) is 5.82 Å². The van der Waals surface area contributed by atoms with Gasteiger partial charge in [0, 0.05) is 9.13 Å². The van der Waals surface area contributed by atoms with Crippen LogP contribution in [0.1, 0.15) is 25.3 Å². The number of nitrogen functional groups attached to an aromatic ring is 1. The first-order valence-electron chi connectivity index (χ1n) is 3.99. The molecule has 0 fully saturated rings. The van der Waals surface area contributed by atoms with Crippen molar-refractivity contribution in [2.24, 2.45) is 0 Å². The molecule has 1 aromatic carbocycles. The van der Waals surface area contributed by atoms with Gasteiger partial charge in [0.25, 0.3) is 0 Å².